The van der Waals surface area contributed by atoms with Gasteiger partial charge in [-0.1, -0.05) is 13.8 Å². The summed E-state index contributed by atoms with van der Waals surface area (Å²) in [5.74, 6) is 1.58. The van der Waals surface area contributed by atoms with Crippen molar-refractivity contribution in [3.63, 3.8) is 0 Å². The van der Waals surface area contributed by atoms with E-state index in [9.17, 15) is 4.79 Å². The van der Waals surface area contributed by atoms with Crippen LogP contribution >= 0.6 is 0 Å². The lowest BCUT2D eigenvalue weighted by Gasteiger charge is -2.27. The molecule has 0 unspecified atom stereocenters. The Labute approximate surface area is 103 Å². The molecular weight excluding hydrogens is 214 g/mol. The van der Waals surface area contributed by atoms with Gasteiger partial charge in [0.25, 0.3) is 0 Å². The van der Waals surface area contributed by atoms with E-state index in [0.717, 1.165) is 31.8 Å². The van der Waals surface area contributed by atoms with E-state index in [-0.39, 0.29) is 5.91 Å². The molecule has 1 aliphatic heterocycles. The molecule has 1 aliphatic rings. The van der Waals surface area contributed by atoms with Crippen LogP contribution in [0, 0.1) is 0 Å². The molecule has 0 radical (unpaired) electrons. The molecule has 1 saturated heterocycles. The van der Waals surface area contributed by atoms with Crippen molar-refractivity contribution in [3.8, 4) is 0 Å². The van der Waals surface area contributed by atoms with Gasteiger partial charge >= 0.3 is 0 Å². The summed E-state index contributed by atoms with van der Waals surface area (Å²) in [6, 6.07) is 0. The number of nitrogens with zero attached hydrogens (tertiary/aromatic N) is 3. The molecular formula is C13H21N3O. The SMILES string of the molecule is CC(C)c1nccn1CC(=O)N1CCCCC1. The molecule has 2 rings (SSSR count). The zero-order chi connectivity index (χ0) is 12.3. The van der Waals surface area contributed by atoms with Gasteiger partial charge in [-0.25, -0.2) is 4.98 Å². The minimum atomic E-state index is 0.226. The Balaban J connectivity index is 1.99. The van der Waals surface area contributed by atoms with Crippen molar-refractivity contribution >= 4 is 5.91 Å². The Morgan fingerprint density at radius 3 is 2.71 bits per heavy atom. The van der Waals surface area contributed by atoms with Crippen LogP contribution in [0.15, 0.2) is 12.4 Å². The third kappa shape index (κ3) is 2.87. The van der Waals surface area contributed by atoms with Gasteiger partial charge in [0.1, 0.15) is 12.4 Å². The zero-order valence-electron chi connectivity index (χ0n) is 10.7. The summed E-state index contributed by atoms with van der Waals surface area (Å²) in [7, 11) is 0. The summed E-state index contributed by atoms with van der Waals surface area (Å²) in [5, 5.41) is 0. The number of amides is 1. The van der Waals surface area contributed by atoms with Crippen LogP contribution in [0.25, 0.3) is 0 Å². The van der Waals surface area contributed by atoms with Gasteiger partial charge in [-0.05, 0) is 19.3 Å². The van der Waals surface area contributed by atoms with Crippen molar-refractivity contribution in [1.29, 1.82) is 0 Å². The predicted octanol–water partition coefficient (Wildman–Crippen LogP) is 2.02. The fraction of sp³-hybridized carbons (Fsp3) is 0.692. The number of imidazole rings is 1. The first-order chi connectivity index (χ1) is 8.18. The quantitative estimate of drug-likeness (QED) is 0.804. The molecule has 1 amide bonds. The van der Waals surface area contributed by atoms with E-state index < -0.39 is 0 Å². The third-order valence-electron chi connectivity index (χ3n) is 3.28. The lowest BCUT2D eigenvalue weighted by molar-refractivity contribution is -0.132. The smallest absolute Gasteiger partial charge is 0.242 e. The molecule has 0 bridgehead atoms. The topological polar surface area (TPSA) is 38.1 Å². The predicted molar refractivity (Wildman–Crippen MR) is 66.7 cm³/mol. The Morgan fingerprint density at radius 2 is 2.06 bits per heavy atom. The minimum absolute atomic E-state index is 0.226. The fourth-order valence-electron chi connectivity index (χ4n) is 2.34. The van der Waals surface area contributed by atoms with Crippen LogP contribution in [-0.4, -0.2) is 33.4 Å². The Hall–Kier alpha value is -1.32. The number of piperidine rings is 1. The molecule has 2 heterocycles. The maximum Gasteiger partial charge on any atom is 0.242 e. The highest BCUT2D eigenvalue weighted by molar-refractivity contribution is 5.76. The summed E-state index contributed by atoms with van der Waals surface area (Å²) in [6.45, 7) is 6.48. The summed E-state index contributed by atoms with van der Waals surface area (Å²) in [5.41, 5.74) is 0. The highest BCUT2D eigenvalue weighted by Gasteiger charge is 2.18. The van der Waals surface area contributed by atoms with Crippen LogP contribution in [0.2, 0.25) is 0 Å². The molecule has 0 saturated carbocycles. The number of carbonyl (C=O) groups excluding carboxylic acids is 1. The highest BCUT2D eigenvalue weighted by Crippen LogP contribution is 2.13. The maximum atomic E-state index is 12.1. The zero-order valence-corrected chi connectivity index (χ0v) is 10.7. The lowest BCUT2D eigenvalue weighted by Crippen LogP contribution is -2.38. The van der Waals surface area contributed by atoms with Crippen molar-refractivity contribution < 1.29 is 4.79 Å². The van der Waals surface area contributed by atoms with Gasteiger partial charge in [-0.3, -0.25) is 4.79 Å². The normalized spacial score (nSPS) is 16.5. The van der Waals surface area contributed by atoms with Crippen molar-refractivity contribution in [3.05, 3.63) is 18.2 Å². The van der Waals surface area contributed by atoms with Crippen LogP contribution in [0.5, 0.6) is 0 Å². The average Bonchev–Trinajstić information content (AvgIpc) is 2.78. The van der Waals surface area contributed by atoms with Gasteiger partial charge in [-0.15, -0.1) is 0 Å². The number of hydrogen-bond donors (Lipinski definition) is 0. The number of rotatable bonds is 3. The maximum absolute atomic E-state index is 12.1. The van der Waals surface area contributed by atoms with Gasteiger partial charge in [0.2, 0.25) is 5.91 Å². The Kier molecular flexibility index (Phi) is 3.82. The van der Waals surface area contributed by atoms with E-state index in [4.69, 9.17) is 0 Å². The van der Waals surface area contributed by atoms with Gasteiger partial charge in [0.05, 0.1) is 0 Å². The minimum Gasteiger partial charge on any atom is -0.341 e. The van der Waals surface area contributed by atoms with E-state index in [1.807, 2.05) is 15.7 Å². The second-order valence-corrected chi connectivity index (χ2v) is 5.01. The highest BCUT2D eigenvalue weighted by atomic mass is 16.2. The number of carbonyl (C=O) groups is 1. The van der Waals surface area contributed by atoms with E-state index >= 15 is 0 Å². The van der Waals surface area contributed by atoms with Gasteiger partial charge in [-0.2, -0.15) is 0 Å². The van der Waals surface area contributed by atoms with Crippen LogP contribution in [0.4, 0.5) is 0 Å². The summed E-state index contributed by atoms with van der Waals surface area (Å²) in [4.78, 5) is 18.4. The molecule has 0 N–H and O–H groups in total. The molecule has 1 aromatic heterocycles. The fourth-order valence-corrected chi connectivity index (χ4v) is 2.34. The van der Waals surface area contributed by atoms with E-state index in [1.165, 1.54) is 6.42 Å². The van der Waals surface area contributed by atoms with Crippen LogP contribution < -0.4 is 0 Å². The van der Waals surface area contributed by atoms with E-state index in [2.05, 4.69) is 18.8 Å². The molecule has 4 heteroatoms. The van der Waals surface area contributed by atoms with Gasteiger partial charge in [0, 0.05) is 31.4 Å². The Bertz CT molecular complexity index is 378. The molecule has 0 spiro atoms. The van der Waals surface area contributed by atoms with Crippen molar-refractivity contribution in [2.24, 2.45) is 0 Å². The first-order valence-electron chi connectivity index (χ1n) is 6.47. The molecule has 0 atom stereocenters. The number of likely N-dealkylation sites (tertiary alicyclic amines) is 1. The van der Waals surface area contributed by atoms with Crippen LogP contribution in [0.3, 0.4) is 0 Å². The second kappa shape index (κ2) is 5.34. The number of hydrogen-bond acceptors (Lipinski definition) is 2. The van der Waals surface area contributed by atoms with Crippen molar-refractivity contribution in [2.75, 3.05) is 13.1 Å². The Morgan fingerprint density at radius 1 is 1.35 bits per heavy atom. The first kappa shape index (κ1) is 12.1. The monoisotopic (exact) mass is 235 g/mol. The van der Waals surface area contributed by atoms with E-state index in [0.29, 0.717) is 12.5 Å². The first-order valence-corrected chi connectivity index (χ1v) is 6.47. The van der Waals surface area contributed by atoms with Crippen LogP contribution in [-0.2, 0) is 11.3 Å². The van der Waals surface area contributed by atoms with Gasteiger partial charge in [0.15, 0.2) is 0 Å². The molecule has 4 nitrogen and oxygen atoms in total. The molecule has 0 aliphatic carbocycles. The molecule has 94 valence electrons. The average molecular weight is 235 g/mol. The van der Waals surface area contributed by atoms with Gasteiger partial charge < -0.3 is 9.47 Å². The molecule has 1 fully saturated rings. The standard InChI is InChI=1S/C13H21N3O/c1-11(2)13-14-6-9-16(13)10-12(17)15-7-4-3-5-8-15/h6,9,11H,3-5,7-8,10H2,1-2H3. The van der Waals surface area contributed by atoms with E-state index in [1.54, 1.807) is 6.20 Å². The number of aromatic nitrogens is 2. The molecule has 1 aromatic rings. The van der Waals surface area contributed by atoms with Crippen LogP contribution in [0.1, 0.15) is 44.9 Å². The summed E-state index contributed by atoms with van der Waals surface area (Å²) < 4.78 is 1.97. The molecule has 17 heavy (non-hydrogen) atoms. The largest absolute Gasteiger partial charge is 0.341 e. The summed E-state index contributed by atoms with van der Waals surface area (Å²) in [6.07, 6.45) is 7.22. The van der Waals surface area contributed by atoms with Crippen molar-refractivity contribution in [1.82, 2.24) is 14.5 Å². The third-order valence-corrected chi connectivity index (χ3v) is 3.28. The molecule has 0 aromatic carbocycles. The lowest BCUT2D eigenvalue weighted by atomic mass is 10.1. The second-order valence-electron chi connectivity index (χ2n) is 5.01. The summed E-state index contributed by atoms with van der Waals surface area (Å²) >= 11 is 0. The van der Waals surface area contributed by atoms with Crippen molar-refractivity contribution in [2.45, 2.75) is 45.6 Å².